The van der Waals surface area contributed by atoms with Crippen molar-refractivity contribution in [1.29, 1.82) is 0 Å². The van der Waals surface area contributed by atoms with Crippen LogP contribution in [0.4, 0.5) is 0 Å². The van der Waals surface area contributed by atoms with Gasteiger partial charge in [0.25, 0.3) is 0 Å². The third-order valence-corrected chi connectivity index (χ3v) is 5.81. The fraction of sp³-hybridized carbons (Fsp3) is 0.182. The maximum Gasteiger partial charge on any atom is 0.168 e. The SMILES string of the molecule is COc1ccc(Cc2nc3c4c(C)c(C)n(-c5ccc(Br)cn5)c4ncn3n2)cc1. The Kier molecular flexibility index (Phi) is 4.51. The lowest BCUT2D eigenvalue weighted by Gasteiger charge is -2.06. The summed E-state index contributed by atoms with van der Waals surface area (Å²) < 4.78 is 9.99. The fourth-order valence-corrected chi connectivity index (χ4v) is 3.92. The van der Waals surface area contributed by atoms with Gasteiger partial charge in [0.15, 0.2) is 17.1 Å². The summed E-state index contributed by atoms with van der Waals surface area (Å²) in [6, 6.07) is 11.9. The third-order valence-electron chi connectivity index (χ3n) is 5.34. The van der Waals surface area contributed by atoms with Crippen molar-refractivity contribution in [3.8, 4) is 11.6 Å². The van der Waals surface area contributed by atoms with Crippen molar-refractivity contribution < 1.29 is 4.74 Å². The highest BCUT2D eigenvalue weighted by atomic mass is 79.9. The molecule has 4 heterocycles. The second kappa shape index (κ2) is 7.21. The number of halogens is 1. The van der Waals surface area contributed by atoms with Crippen LogP contribution in [0.1, 0.15) is 22.6 Å². The molecule has 5 rings (SSSR count). The van der Waals surface area contributed by atoms with Gasteiger partial charge in [-0.3, -0.25) is 4.57 Å². The molecule has 150 valence electrons. The lowest BCUT2D eigenvalue weighted by Crippen LogP contribution is -2.01. The zero-order valence-corrected chi connectivity index (χ0v) is 18.4. The van der Waals surface area contributed by atoms with Gasteiger partial charge in [0.05, 0.1) is 12.5 Å². The molecule has 0 amide bonds. The summed E-state index contributed by atoms with van der Waals surface area (Å²) >= 11 is 3.45. The second-order valence-electron chi connectivity index (χ2n) is 7.14. The van der Waals surface area contributed by atoms with E-state index in [1.165, 1.54) is 0 Å². The third kappa shape index (κ3) is 3.04. The molecule has 0 bridgehead atoms. The maximum absolute atomic E-state index is 5.23. The first-order valence-electron chi connectivity index (χ1n) is 9.52. The molecule has 8 heteroatoms. The molecule has 0 aliphatic heterocycles. The van der Waals surface area contributed by atoms with Crippen LogP contribution in [0.15, 0.2) is 53.4 Å². The Morgan fingerprint density at radius 1 is 1.00 bits per heavy atom. The van der Waals surface area contributed by atoms with Gasteiger partial charge in [0.2, 0.25) is 0 Å². The Balaban J connectivity index is 1.62. The van der Waals surface area contributed by atoms with E-state index in [0.717, 1.165) is 55.4 Å². The number of hydrogen-bond acceptors (Lipinski definition) is 5. The number of benzene rings is 1. The molecule has 30 heavy (non-hydrogen) atoms. The number of nitrogens with zero attached hydrogens (tertiary/aromatic N) is 6. The first kappa shape index (κ1) is 18.7. The van der Waals surface area contributed by atoms with E-state index < -0.39 is 0 Å². The number of rotatable bonds is 4. The standard InChI is InChI=1S/C22H19BrN6O/c1-13-14(2)29(19-9-6-16(23)11-24-19)21-20(13)22-26-18(27-28(22)12-25-21)10-15-4-7-17(30-3)8-5-15/h4-9,11-12H,10H2,1-3H3. The Hall–Kier alpha value is -3.26. The molecule has 0 N–H and O–H groups in total. The van der Waals surface area contributed by atoms with Crippen molar-refractivity contribution >= 4 is 32.6 Å². The Morgan fingerprint density at radius 2 is 1.80 bits per heavy atom. The van der Waals surface area contributed by atoms with Crippen LogP contribution >= 0.6 is 15.9 Å². The molecule has 0 aliphatic carbocycles. The highest BCUT2D eigenvalue weighted by molar-refractivity contribution is 9.10. The van der Waals surface area contributed by atoms with Gasteiger partial charge in [-0.25, -0.2) is 19.5 Å². The molecule has 0 radical (unpaired) electrons. The lowest BCUT2D eigenvalue weighted by atomic mass is 10.1. The van der Waals surface area contributed by atoms with E-state index >= 15 is 0 Å². The summed E-state index contributed by atoms with van der Waals surface area (Å²) in [6.45, 7) is 4.17. The minimum absolute atomic E-state index is 0.639. The van der Waals surface area contributed by atoms with Crippen LogP contribution in [-0.4, -0.2) is 36.2 Å². The highest BCUT2D eigenvalue weighted by Crippen LogP contribution is 2.29. The van der Waals surface area contributed by atoms with Crippen molar-refractivity contribution in [2.75, 3.05) is 7.11 Å². The average molecular weight is 463 g/mol. The molecule has 0 saturated heterocycles. The average Bonchev–Trinajstić information content (AvgIpc) is 3.27. The number of methoxy groups -OCH3 is 1. The van der Waals surface area contributed by atoms with E-state index in [2.05, 4.69) is 49.4 Å². The molecule has 5 aromatic rings. The Bertz CT molecular complexity index is 1370. The van der Waals surface area contributed by atoms with Crippen LogP contribution in [0, 0.1) is 13.8 Å². The van der Waals surface area contributed by atoms with E-state index in [1.54, 1.807) is 24.1 Å². The first-order chi connectivity index (χ1) is 14.5. The molecule has 0 spiro atoms. The number of hydrogen-bond donors (Lipinski definition) is 0. The Morgan fingerprint density at radius 3 is 2.50 bits per heavy atom. The number of aryl methyl sites for hydroxylation is 1. The van der Waals surface area contributed by atoms with Crippen LogP contribution in [0.3, 0.4) is 0 Å². The molecular formula is C22H19BrN6O. The fourth-order valence-electron chi connectivity index (χ4n) is 3.69. The Labute approximate surface area is 181 Å². The van der Waals surface area contributed by atoms with E-state index in [1.807, 2.05) is 36.4 Å². The maximum atomic E-state index is 5.23. The van der Waals surface area contributed by atoms with E-state index in [9.17, 15) is 0 Å². The summed E-state index contributed by atoms with van der Waals surface area (Å²) in [4.78, 5) is 14.1. The van der Waals surface area contributed by atoms with Crippen LogP contribution in [0.2, 0.25) is 0 Å². The van der Waals surface area contributed by atoms with Crippen LogP contribution < -0.4 is 4.74 Å². The van der Waals surface area contributed by atoms with Crippen molar-refractivity contribution in [2.45, 2.75) is 20.3 Å². The van der Waals surface area contributed by atoms with E-state index in [4.69, 9.17) is 9.72 Å². The predicted molar refractivity (Wildman–Crippen MR) is 118 cm³/mol. The minimum atomic E-state index is 0.639. The van der Waals surface area contributed by atoms with Gasteiger partial charge in [0.1, 0.15) is 17.9 Å². The smallest absolute Gasteiger partial charge is 0.168 e. The minimum Gasteiger partial charge on any atom is -0.497 e. The predicted octanol–water partition coefficient (Wildman–Crippen LogP) is 4.44. The van der Waals surface area contributed by atoms with Gasteiger partial charge in [-0.05, 0) is 65.2 Å². The van der Waals surface area contributed by atoms with Gasteiger partial charge in [-0.15, -0.1) is 5.10 Å². The zero-order chi connectivity index (χ0) is 20.8. The number of fused-ring (bicyclic) bond motifs is 3. The molecule has 7 nitrogen and oxygen atoms in total. The lowest BCUT2D eigenvalue weighted by molar-refractivity contribution is 0.414. The summed E-state index contributed by atoms with van der Waals surface area (Å²) in [5.74, 6) is 2.41. The van der Waals surface area contributed by atoms with Crippen molar-refractivity contribution in [3.63, 3.8) is 0 Å². The summed E-state index contributed by atoms with van der Waals surface area (Å²) in [7, 11) is 1.66. The molecular weight excluding hydrogens is 444 g/mol. The first-order valence-corrected chi connectivity index (χ1v) is 10.3. The summed E-state index contributed by atoms with van der Waals surface area (Å²) in [6.07, 6.45) is 4.15. The van der Waals surface area contributed by atoms with Crippen LogP contribution in [0.25, 0.3) is 22.5 Å². The van der Waals surface area contributed by atoms with Gasteiger partial charge in [0, 0.05) is 22.8 Å². The molecule has 0 atom stereocenters. The molecule has 0 saturated carbocycles. The van der Waals surface area contributed by atoms with Crippen molar-refractivity contribution in [2.24, 2.45) is 0 Å². The van der Waals surface area contributed by atoms with Gasteiger partial charge in [-0.2, -0.15) is 0 Å². The van der Waals surface area contributed by atoms with Gasteiger partial charge in [-0.1, -0.05) is 12.1 Å². The van der Waals surface area contributed by atoms with Gasteiger partial charge >= 0.3 is 0 Å². The number of ether oxygens (including phenoxy) is 1. The number of aromatic nitrogens is 6. The highest BCUT2D eigenvalue weighted by Gasteiger charge is 2.19. The molecule has 1 aromatic carbocycles. The second-order valence-corrected chi connectivity index (χ2v) is 8.06. The van der Waals surface area contributed by atoms with E-state index in [0.29, 0.717) is 6.42 Å². The topological polar surface area (TPSA) is 70.1 Å². The van der Waals surface area contributed by atoms with E-state index in [-0.39, 0.29) is 0 Å². The molecule has 0 aliphatic rings. The van der Waals surface area contributed by atoms with Crippen molar-refractivity contribution in [3.05, 3.63) is 76.0 Å². The zero-order valence-electron chi connectivity index (χ0n) is 16.8. The van der Waals surface area contributed by atoms with Crippen molar-refractivity contribution in [1.82, 2.24) is 29.1 Å². The molecule has 4 aromatic heterocycles. The molecule has 0 fully saturated rings. The largest absolute Gasteiger partial charge is 0.497 e. The monoisotopic (exact) mass is 462 g/mol. The summed E-state index contributed by atoms with van der Waals surface area (Å²) in [5, 5.41) is 5.64. The number of pyridine rings is 1. The van der Waals surface area contributed by atoms with Gasteiger partial charge < -0.3 is 4.74 Å². The van der Waals surface area contributed by atoms with Crippen LogP contribution in [0.5, 0.6) is 5.75 Å². The van der Waals surface area contributed by atoms with Crippen LogP contribution in [-0.2, 0) is 6.42 Å². The quantitative estimate of drug-likeness (QED) is 0.394. The molecule has 0 unspecified atom stereocenters. The summed E-state index contributed by atoms with van der Waals surface area (Å²) in [5.41, 5.74) is 4.97. The normalized spacial score (nSPS) is 11.5.